The van der Waals surface area contributed by atoms with Gasteiger partial charge in [-0.05, 0) is 66.2 Å². The Morgan fingerprint density at radius 1 is 0.930 bits per heavy atom. The maximum Gasteiger partial charge on any atom is 0.303 e. The number of aliphatic hydroxyl groups excluding tert-OH is 1. The van der Waals surface area contributed by atoms with Crippen molar-refractivity contribution in [2.45, 2.75) is 110 Å². The quantitative estimate of drug-likeness (QED) is 0.238. The lowest BCUT2D eigenvalue weighted by Crippen LogP contribution is -2.42. The maximum atomic E-state index is 12.4. The molecule has 2 aromatic rings. The highest BCUT2D eigenvalue weighted by molar-refractivity contribution is 5.90. The number of carbonyl (C=O) groups excluding carboxylic acids is 1. The average molecular weight is 593 g/mol. The van der Waals surface area contributed by atoms with Gasteiger partial charge >= 0.3 is 5.97 Å². The van der Waals surface area contributed by atoms with Gasteiger partial charge in [-0.1, -0.05) is 63.6 Å². The summed E-state index contributed by atoms with van der Waals surface area (Å²) in [5.41, 5.74) is 4.29. The number of nitrogens with one attached hydrogen (secondary N) is 1. The van der Waals surface area contributed by atoms with Crippen LogP contribution in [0.3, 0.4) is 0 Å². The van der Waals surface area contributed by atoms with E-state index in [0.717, 1.165) is 42.6 Å². The van der Waals surface area contributed by atoms with Crippen molar-refractivity contribution in [2.24, 2.45) is 10.8 Å². The number of rotatable bonds is 12. The molecule has 2 heterocycles. The van der Waals surface area contributed by atoms with Crippen molar-refractivity contribution in [1.82, 2.24) is 4.90 Å². The van der Waals surface area contributed by atoms with E-state index in [1.54, 1.807) is 0 Å². The number of likely N-dealkylation sites (tertiary alicyclic amines) is 1. The molecule has 2 saturated heterocycles. The van der Waals surface area contributed by atoms with Gasteiger partial charge in [-0.3, -0.25) is 14.5 Å². The Labute approximate surface area is 255 Å². The van der Waals surface area contributed by atoms with Gasteiger partial charge in [0.1, 0.15) is 0 Å². The van der Waals surface area contributed by atoms with Gasteiger partial charge in [0.15, 0.2) is 6.29 Å². The number of carboxylic acids is 1. The van der Waals surface area contributed by atoms with Gasteiger partial charge < -0.3 is 25.0 Å². The van der Waals surface area contributed by atoms with Crippen molar-refractivity contribution in [3.63, 3.8) is 0 Å². The smallest absolute Gasteiger partial charge is 0.303 e. The summed E-state index contributed by atoms with van der Waals surface area (Å²) in [6.07, 6.45) is 6.31. The number of fused-ring (bicyclic) bond motifs is 2. The first-order valence-corrected chi connectivity index (χ1v) is 15.9. The molecule has 5 unspecified atom stereocenters. The second-order valence-electron chi connectivity index (χ2n) is 14.1. The van der Waals surface area contributed by atoms with Gasteiger partial charge in [0.05, 0.1) is 18.8 Å². The fraction of sp³-hybridized carbons (Fsp3) is 0.600. The number of nitrogens with zero attached hydrogens (tertiary/aromatic N) is 1. The Hall–Kier alpha value is -2.78. The fourth-order valence-electron chi connectivity index (χ4n) is 7.77. The van der Waals surface area contributed by atoms with E-state index in [4.69, 9.17) is 14.6 Å². The Morgan fingerprint density at radius 2 is 1.63 bits per heavy atom. The first kappa shape index (κ1) is 31.6. The summed E-state index contributed by atoms with van der Waals surface area (Å²) >= 11 is 0. The number of amides is 1. The van der Waals surface area contributed by atoms with E-state index in [1.165, 1.54) is 19.3 Å². The van der Waals surface area contributed by atoms with E-state index in [2.05, 4.69) is 31.0 Å². The number of unbranched alkanes of at least 4 members (excludes halogenated alkanes) is 2. The van der Waals surface area contributed by atoms with E-state index in [9.17, 15) is 14.7 Å². The third-order valence-corrected chi connectivity index (χ3v) is 9.34. The van der Waals surface area contributed by atoms with Crippen LogP contribution in [0.1, 0.15) is 108 Å². The lowest BCUT2D eigenvalue weighted by Gasteiger charge is -2.41. The minimum Gasteiger partial charge on any atom is -0.481 e. The first-order valence-electron chi connectivity index (χ1n) is 15.9. The van der Waals surface area contributed by atoms with Crippen LogP contribution in [-0.4, -0.2) is 52.2 Å². The van der Waals surface area contributed by atoms with Crippen molar-refractivity contribution >= 4 is 17.6 Å². The van der Waals surface area contributed by atoms with Crippen molar-refractivity contribution < 1.29 is 29.3 Å². The lowest BCUT2D eigenvalue weighted by molar-refractivity contribution is -0.253. The highest BCUT2D eigenvalue weighted by Gasteiger charge is 2.50. The number of hydrogen-bond acceptors (Lipinski definition) is 6. The standard InChI is InChI=1S/C35H48N2O6/c1-34(2)18-28-19-35(3,22-34)23-37(28)20-29-17-30(25-11-9-24(21-38)10-12-25)43-33(42-29)26-13-15-27(16-14-26)36-31(39)7-5-4-6-8-32(40)41/h9-16,28-30,33,38H,4-8,17-23H2,1-3H3,(H,36,39)(H,40,41). The van der Waals surface area contributed by atoms with Crippen LogP contribution in [0, 0.1) is 10.8 Å². The molecule has 0 radical (unpaired) electrons. The van der Waals surface area contributed by atoms with Gasteiger partial charge in [-0.25, -0.2) is 0 Å². The van der Waals surface area contributed by atoms with Crippen LogP contribution in [-0.2, 0) is 25.7 Å². The molecule has 1 aliphatic carbocycles. The van der Waals surface area contributed by atoms with Gasteiger partial charge in [-0.15, -0.1) is 0 Å². The molecule has 1 amide bonds. The molecule has 5 rings (SSSR count). The lowest BCUT2D eigenvalue weighted by atomic mass is 9.65. The molecule has 2 bridgehead atoms. The van der Waals surface area contributed by atoms with Crippen LogP contribution in [0.5, 0.6) is 0 Å². The van der Waals surface area contributed by atoms with Crippen LogP contribution in [0.25, 0.3) is 0 Å². The zero-order valence-electron chi connectivity index (χ0n) is 25.9. The highest BCUT2D eigenvalue weighted by atomic mass is 16.7. The molecule has 3 N–H and O–H groups in total. The SMILES string of the molecule is CC1(C)CC2CC(C)(CN2CC2CC(c3ccc(CO)cc3)OC(c3ccc(NC(=O)CCCCCC(=O)O)cc3)O2)C1. The molecule has 234 valence electrons. The van der Waals surface area contributed by atoms with Gasteiger partial charge in [0.25, 0.3) is 0 Å². The number of hydrogen-bond donors (Lipinski definition) is 3. The third-order valence-electron chi connectivity index (χ3n) is 9.34. The van der Waals surface area contributed by atoms with E-state index < -0.39 is 12.3 Å². The summed E-state index contributed by atoms with van der Waals surface area (Å²) in [6.45, 7) is 9.25. The maximum absolute atomic E-state index is 12.4. The third kappa shape index (κ3) is 8.44. The van der Waals surface area contributed by atoms with Gasteiger partial charge in [-0.2, -0.15) is 0 Å². The number of ether oxygens (including phenoxy) is 2. The Morgan fingerprint density at radius 3 is 2.33 bits per heavy atom. The summed E-state index contributed by atoms with van der Waals surface area (Å²) in [6, 6.07) is 16.2. The molecule has 2 aromatic carbocycles. The van der Waals surface area contributed by atoms with Gasteiger partial charge in [0.2, 0.25) is 5.91 Å². The molecular formula is C35H48N2O6. The monoisotopic (exact) mass is 592 g/mol. The van der Waals surface area contributed by atoms with Crippen molar-refractivity contribution in [1.29, 1.82) is 0 Å². The molecule has 0 spiro atoms. The Bertz CT molecular complexity index is 1250. The summed E-state index contributed by atoms with van der Waals surface area (Å²) in [7, 11) is 0. The number of carboxylic acid groups (broad SMARTS) is 1. The highest BCUT2D eigenvalue weighted by Crippen LogP contribution is 2.53. The van der Waals surface area contributed by atoms with Crippen LogP contribution >= 0.6 is 0 Å². The molecule has 8 heteroatoms. The Kier molecular flexibility index (Phi) is 9.91. The van der Waals surface area contributed by atoms with E-state index in [1.807, 2.05) is 48.5 Å². The number of anilines is 1. The first-order chi connectivity index (χ1) is 20.5. The molecule has 1 saturated carbocycles. The minimum absolute atomic E-state index is 0.00726. The minimum atomic E-state index is -0.801. The molecular weight excluding hydrogens is 544 g/mol. The van der Waals surface area contributed by atoms with E-state index in [0.29, 0.717) is 41.8 Å². The molecule has 0 aromatic heterocycles. The molecule has 3 fully saturated rings. The molecule has 8 nitrogen and oxygen atoms in total. The van der Waals surface area contributed by atoms with Crippen LogP contribution < -0.4 is 5.32 Å². The van der Waals surface area contributed by atoms with E-state index >= 15 is 0 Å². The van der Waals surface area contributed by atoms with Crippen molar-refractivity contribution in [3.8, 4) is 0 Å². The second-order valence-corrected chi connectivity index (χ2v) is 14.1. The fourth-order valence-corrected chi connectivity index (χ4v) is 7.77. The summed E-state index contributed by atoms with van der Waals surface area (Å²) in [5.74, 6) is -0.878. The zero-order chi connectivity index (χ0) is 30.6. The van der Waals surface area contributed by atoms with Crippen LogP contribution in [0.15, 0.2) is 48.5 Å². The Balaban J connectivity index is 1.25. The predicted octanol–water partition coefficient (Wildman–Crippen LogP) is 6.60. The van der Waals surface area contributed by atoms with Crippen LogP contribution in [0.2, 0.25) is 0 Å². The molecule has 43 heavy (non-hydrogen) atoms. The second kappa shape index (κ2) is 13.5. The molecule has 5 atom stereocenters. The van der Waals surface area contributed by atoms with E-state index in [-0.39, 0.29) is 31.1 Å². The average Bonchev–Trinajstić information content (AvgIpc) is 3.20. The van der Waals surface area contributed by atoms with Crippen molar-refractivity contribution in [2.75, 3.05) is 18.4 Å². The van der Waals surface area contributed by atoms with Crippen LogP contribution in [0.4, 0.5) is 5.69 Å². The van der Waals surface area contributed by atoms with Gasteiger partial charge in [0, 0.05) is 49.6 Å². The normalized spacial score (nSPS) is 28.5. The molecule has 2 aliphatic heterocycles. The zero-order valence-corrected chi connectivity index (χ0v) is 25.9. The molecule has 3 aliphatic rings. The topological polar surface area (TPSA) is 108 Å². The summed E-state index contributed by atoms with van der Waals surface area (Å²) in [5, 5.41) is 21.2. The predicted molar refractivity (Wildman–Crippen MR) is 165 cm³/mol. The number of aliphatic hydroxyl groups is 1. The number of benzene rings is 2. The van der Waals surface area contributed by atoms with Crippen molar-refractivity contribution in [3.05, 3.63) is 65.2 Å². The number of carbonyl (C=O) groups is 2. The largest absolute Gasteiger partial charge is 0.481 e. The summed E-state index contributed by atoms with van der Waals surface area (Å²) in [4.78, 5) is 25.7. The number of aliphatic carboxylic acids is 1. The summed E-state index contributed by atoms with van der Waals surface area (Å²) < 4.78 is 13.2.